The van der Waals surface area contributed by atoms with Crippen LogP contribution in [0, 0.1) is 11.8 Å². The molecule has 1 unspecified atom stereocenters. The van der Waals surface area contributed by atoms with Gasteiger partial charge in [-0.3, -0.25) is 14.4 Å². The van der Waals surface area contributed by atoms with Crippen molar-refractivity contribution in [1.82, 2.24) is 40.6 Å². The molecule has 4 aliphatic heterocycles. The lowest BCUT2D eigenvalue weighted by atomic mass is 9.78. The number of rotatable bonds is 9. The van der Waals surface area contributed by atoms with Gasteiger partial charge >= 0.3 is 5.97 Å². The Kier molecular flexibility index (Phi) is 7.89. The molecule has 3 amide bonds. The van der Waals surface area contributed by atoms with Crippen LogP contribution in [0.25, 0.3) is 0 Å². The summed E-state index contributed by atoms with van der Waals surface area (Å²) in [5.74, 6) is -2.91. The fourth-order valence-electron chi connectivity index (χ4n) is 6.19. The summed E-state index contributed by atoms with van der Waals surface area (Å²) in [6.07, 6.45) is 1.79. The molecule has 17 nitrogen and oxygen atoms in total. The van der Waals surface area contributed by atoms with Gasteiger partial charge in [-0.05, 0) is 23.8 Å². The highest BCUT2D eigenvalue weighted by atomic mass is 32.2. The van der Waals surface area contributed by atoms with Crippen molar-refractivity contribution >= 4 is 41.4 Å². The van der Waals surface area contributed by atoms with Gasteiger partial charge in [0.2, 0.25) is 17.7 Å². The predicted octanol–water partition coefficient (Wildman–Crippen LogP) is -3.77. The van der Waals surface area contributed by atoms with Gasteiger partial charge in [0, 0.05) is 47.8 Å². The lowest BCUT2D eigenvalue weighted by molar-refractivity contribution is -0.158. The number of fused-ring (bicyclic) bond motifs is 1. The minimum absolute atomic E-state index is 0.0265. The van der Waals surface area contributed by atoms with Crippen LogP contribution >= 0.6 is 11.8 Å². The first-order valence-corrected chi connectivity index (χ1v) is 14.2. The number of likely N-dealkylation sites (tertiary alicyclic amines) is 1. The number of aliphatic carboxylic acids is 1. The van der Waals surface area contributed by atoms with Crippen molar-refractivity contribution in [2.75, 3.05) is 19.6 Å². The molecule has 41 heavy (non-hydrogen) atoms. The molecule has 5 rings (SSSR count). The van der Waals surface area contributed by atoms with Crippen LogP contribution in [0.5, 0.6) is 0 Å². The lowest BCUT2D eigenvalue weighted by Gasteiger charge is -2.47. The zero-order valence-electron chi connectivity index (χ0n) is 22.6. The van der Waals surface area contributed by atoms with Crippen molar-refractivity contribution in [1.29, 1.82) is 0 Å². The molecule has 0 saturated carbocycles. The summed E-state index contributed by atoms with van der Waals surface area (Å²) in [5, 5.41) is 26.7. The first-order valence-electron chi connectivity index (χ1n) is 13.3. The summed E-state index contributed by atoms with van der Waals surface area (Å²) >= 11 is 1.39. The van der Waals surface area contributed by atoms with Gasteiger partial charge in [-0.1, -0.05) is 6.92 Å². The maximum absolute atomic E-state index is 13.2. The standard InChI is InChI=1S/C23H34N12O5S/c1-9-17-16(10(2)29-15(36)7-34-8-28-31-32-34)21(38)35(17)18(22(39)40)19(9)41-11-3-13(27-4-11)20(37)33-5-12(24)14(6-33)30-23(25)26/h8-14,16-17,27H,3-7,24H2,1-2H3,(H,29,36)(H,39,40)(H4,25,26,30)/t9-,10-,11+,12?,13+,14-,16-,17-/m1/s1. The van der Waals surface area contributed by atoms with E-state index in [1.54, 1.807) is 11.8 Å². The number of guanidine groups is 1. The number of β-lactam (4-membered cyclic amide) rings is 1. The first kappa shape index (κ1) is 28.7. The van der Waals surface area contributed by atoms with E-state index in [-0.39, 0.29) is 59.2 Å². The highest BCUT2D eigenvalue weighted by Gasteiger charge is 2.60. The van der Waals surface area contributed by atoms with Crippen molar-refractivity contribution < 1.29 is 24.3 Å². The third-order valence-electron chi connectivity index (χ3n) is 8.06. The molecule has 0 radical (unpaired) electrons. The molecule has 4 aliphatic rings. The van der Waals surface area contributed by atoms with E-state index in [9.17, 15) is 24.3 Å². The summed E-state index contributed by atoms with van der Waals surface area (Å²) in [5.41, 5.74) is 17.0. The van der Waals surface area contributed by atoms with Crippen LogP contribution in [-0.2, 0) is 25.7 Å². The molecule has 3 saturated heterocycles. The second-order valence-electron chi connectivity index (χ2n) is 10.9. The molecule has 3 fully saturated rings. The van der Waals surface area contributed by atoms with Gasteiger partial charge in [0.05, 0.1) is 24.0 Å². The van der Waals surface area contributed by atoms with E-state index in [2.05, 4.69) is 31.2 Å². The topological polar surface area (TPSA) is 253 Å². The molecule has 8 atom stereocenters. The largest absolute Gasteiger partial charge is 0.477 e. The maximum atomic E-state index is 13.2. The van der Waals surface area contributed by atoms with Gasteiger partial charge in [-0.2, -0.15) is 0 Å². The van der Waals surface area contributed by atoms with Gasteiger partial charge in [0.15, 0.2) is 5.96 Å². The molecular weight excluding hydrogens is 556 g/mol. The lowest BCUT2D eigenvalue weighted by Crippen LogP contribution is -2.66. The Morgan fingerprint density at radius 1 is 1.32 bits per heavy atom. The van der Waals surface area contributed by atoms with Crippen LogP contribution in [-0.4, -0.2) is 120 Å². The number of thioether (sulfide) groups is 1. The number of hydrogen-bond donors (Lipinski definition) is 6. The quantitative estimate of drug-likeness (QED) is 0.0918. The van der Waals surface area contributed by atoms with Gasteiger partial charge in [-0.15, -0.1) is 16.9 Å². The molecule has 1 aromatic heterocycles. The first-order chi connectivity index (χ1) is 19.5. The molecule has 0 aromatic carbocycles. The van der Waals surface area contributed by atoms with Crippen LogP contribution in [0.2, 0.25) is 0 Å². The molecule has 1 aromatic rings. The number of nitrogens with two attached hydrogens (primary N) is 3. The van der Waals surface area contributed by atoms with Gasteiger partial charge in [-0.25, -0.2) is 14.5 Å². The van der Waals surface area contributed by atoms with Gasteiger partial charge in [0.1, 0.15) is 18.6 Å². The number of carbonyl (C=O) groups excluding carboxylic acids is 3. The van der Waals surface area contributed by atoms with Crippen molar-refractivity contribution in [2.45, 2.75) is 62.3 Å². The number of amides is 3. The zero-order valence-corrected chi connectivity index (χ0v) is 23.4. The zero-order chi connectivity index (χ0) is 29.6. The van der Waals surface area contributed by atoms with Crippen molar-refractivity contribution in [3.05, 3.63) is 16.9 Å². The second kappa shape index (κ2) is 11.2. The number of hydrogen-bond acceptors (Lipinski definition) is 11. The minimum Gasteiger partial charge on any atom is -0.477 e. The number of tetrazole rings is 1. The summed E-state index contributed by atoms with van der Waals surface area (Å²) in [6.45, 7) is 4.68. The van der Waals surface area contributed by atoms with E-state index in [1.165, 1.54) is 27.7 Å². The Morgan fingerprint density at radius 2 is 2.07 bits per heavy atom. The monoisotopic (exact) mass is 590 g/mol. The van der Waals surface area contributed by atoms with E-state index >= 15 is 0 Å². The molecule has 9 N–H and O–H groups in total. The molecule has 0 aliphatic carbocycles. The fourth-order valence-corrected chi connectivity index (χ4v) is 7.67. The highest BCUT2D eigenvalue weighted by Crippen LogP contribution is 2.51. The van der Waals surface area contributed by atoms with Crippen molar-refractivity contribution in [3.8, 4) is 0 Å². The Bertz CT molecular complexity index is 1280. The number of carbonyl (C=O) groups is 4. The predicted molar refractivity (Wildman–Crippen MR) is 145 cm³/mol. The summed E-state index contributed by atoms with van der Waals surface area (Å²) < 4.78 is 1.27. The van der Waals surface area contributed by atoms with Crippen LogP contribution in [0.4, 0.5) is 0 Å². The Balaban J connectivity index is 1.21. The number of nitrogens with zero attached hydrogens (tertiary/aromatic N) is 7. The smallest absolute Gasteiger partial charge is 0.353 e. The number of aromatic nitrogens is 4. The van der Waals surface area contributed by atoms with Crippen LogP contribution in [0.3, 0.4) is 0 Å². The Labute approximate surface area is 239 Å². The third kappa shape index (κ3) is 5.45. The SMILES string of the molecule is C[C@@H](NC(=O)Cn1cnnn1)[C@H]1C(=O)N2C(C(=O)O)=C(S[C@@H]3CN[C@H](C(=O)N4CC(N)[C@H](N=C(N)N)C4)C3)[C@H](C)[C@H]12. The molecule has 222 valence electrons. The molecular formula is C23H34N12O5S. The van der Waals surface area contributed by atoms with E-state index < -0.39 is 30.0 Å². The number of nitrogens with one attached hydrogen (secondary N) is 2. The summed E-state index contributed by atoms with van der Waals surface area (Å²) in [7, 11) is 0. The molecule has 5 heterocycles. The van der Waals surface area contributed by atoms with Crippen LogP contribution in [0.15, 0.2) is 21.9 Å². The number of aliphatic imine (C=N–C) groups is 1. The summed E-state index contributed by atoms with van der Waals surface area (Å²) in [4.78, 5) is 58.8. The fraction of sp³-hybridized carbons (Fsp3) is 0.652. The third-order valence-corrected chi connectivity index (χ3v) is 9.57. The second-order valence-corrected chi connectivity index (χ2v) is 12.2. The van der Waals surface area contributed by atoms with Crippen molar-refractivity contribution in [3.63, 3.8) is 0 Å². The van der Waals surface area contributed by atoms with Crippen LogP contribution in [0.1, 0.15) is 20.3 Å². The van der Waals surface area contributed by atoms with Crippen molar-refractivity contribution in [2.24, 2.45) is 34.0 Å². The van der Waals surface area contributed by atoms with E-state index in [0.717, 1.165) is 0 Å². The van der Waals surface area contributed by atoms with E-state index in [4.69, 9.17) is 17.2 Å². The highest BCUT2D eigenvalue weighted by molar-refractivity contribution is 8.03. The average Bonchev–Trinajstić information content (AvgIpc) is 3.68. The van der Waals surface area contributed by atoms with E-state index in [1.807, 2.05) is 6.92 Å². The maximum Gasteiger partial charge on any atom is 0.353 e. The van der Waals surface area contributed by atoms with Gasteiger partial charge < -0.3 is 42.7 Å². The molecule has 0 spiro atoms. The Morgan fingerprint density at radius 3 is 2.73 bits per heavy atom. The average molecular weight is 591 g/mol. The molecule has 0 bridgehead atoms. The minimum atomic E-state index is -1.18. The van der Waals surface area contributed by atoms with E-state index in [0.29, 0.717) is 31.0 Å². The Hall–Kier alpha value is -3.77. The number of carboxylic acids is 1. The number of carboxylic acid groups (broad SMARTS) is 1. The normalized spacial score (nSPS) is 31.6. The van der Waals surface area contributed by atoms with Gasteiger partial charge in [0.25, 0.3) is 0 Å². The summed E-state index contributed by atoms with van der Waals surface area (Å²) in [6, 6.07) is -2.11. The molecule has 18 heteroatoms. The van der Waals surface area contributed by atoms with Crippen LogP contribution < -0.4 is 27.8 Å².